The molecule has 0 N–H and O–H groups in total. The molecule has 2 rings (SSSR count). The third kappa shape index (κ3) is 4.29. The van der Waals surface area contributed by atoms with Crippen molar-refractivity contribution in [1.29, 1.82) is 0 Å². The Labute approximate surface area is 176 Å². The summed E-state index contributed by atoms with van der Waals surface area (Å²) in [6, 6.07) is 0. The van der Waals surface area contributed by atoms with E-state index in [9.17, 15) is 4.79 Å². The number of carbonyl (C=O) groups is 1. The molecule has 0 aromatic heterocycles. The minimum absolute atomic E-state index is 0.0730. The van der Waals surface area contributed by atoms with E-state index in [4.69, 9.17) is 14.2 Å². The Bertz CT molecular complexity index is 441. The number of ketones is 1. The van der Waals surface area contributed by atoms with Crippen LogP contribution < -0.4 is 0 Å². The second-order valence-electron chi connectivity index (χ2n) is 8.22. The van der Waals surface area contributed by atoms with Crippen LogP contribution in [0.15, 0.2) is 0 Å². The third-order valence-corrected chi connectivity index (χ3v) is 15.0. The van der Waals surface area contributed by atoms with Crippen LogP contribution >= 0.6 is 0 Å². The van der Waals surface area contributed by atoms with Gasteiger partial charge in [-0.1, -0.05) is 0 Å². The molecule has 0 saturated carbocycles. The van der Waals surface area contributed by atoms with Gasteiger partial charge in [0.2, 0.25) is 0 Å². The fourth-order valence-electron chi connectivity index (χ4n) is 4.25. The molecule has 136 valence electrons. The summed E-state index contributed by atoms with van der Waals surface area (Å²) in [5.74, 6) is 1.52. The molecule has 0 spiro atoms. The van der Waals surface area contributed by atoms with Crippen LogP contribution in [0.1, 0.15) is 54.9 Å². The molecule has 2 aliphatic rings. The summed E-state index contributed by atoms with van der Waals surface area (Å²) in [6.45, 7) is 14.8. The van der Waals surface area contributed by atoms with E-state index in [1.807, 2.05) is 0 Å². The van der Waals surface area contributed by atoms with Crippen molar-refractivity contribution in [2.45, 2.75) is 86.6 Å². The second kappa shape index (κ2) is 8.80. The predicted octanol–water partition coefficient (Wildman–Crippen LogP) is 3.50. The molecule has 2 heterocycles. The Balaban J connectivity index is 2.16. The minimum atomic E-state index is -0.349. The van der Waals surface area contributed by atoms with Gasteiger partial charge in [-0.05, 0) is 0 Å². The Morgan fingerprint density at radius 1 is 1.00 bits per heavy atom. The van der Waals surface area contributed by atoms with Crippen LogP contribution in [-0.2, 0) is 19.0 Å². The molecule has 5 heteroatoms. The molecule has 0 aliphatic carbocycles. The van der Waals surface area contributed by atoms with Gasteiger partial charge in [0.25, 0.3) is 0 Å². The van der Waals surface area contributed by atoms with Crippen molar-refractivity contribution in [3.8, 4) is 0 Å². The molecule has 2 aliphatic heterocycles. The van der Waals surface area contributed by atoms with Crippen LogP contribution in [0.3, 0.4) is 0 Å². The van der Waals surface area contributed by atoms with Crippen LogP contribution in [-0.4, -0.2) is 36.5 Å². The summed E-state index contributed by atoms with van der Waals surface area (Å²) in [5, 5.41) is 0. The fourth-order valence-corrected chi connectivity index (χ4v) is 6.46. The van der Waals surface area contributed by atoms with Crippen LogP contribution in [0.4, 0.5) is 0 Å². The molecule has 0 aromatic rings. The van der Waals surface area contributed by atoms with Gasteiger partial charge >= 0.3 is 178 Å². The standard InChI is InChI=1S/C19H33O4.Ra.H/c1-8-16-17(10(2)9-11(3)21-16)22-19-14(6)12(4)13(5)18(23-19)15(7)20;;/h9-14,16-19H,8H2,1-7H3;;/t10-,11?,12?,13+,14+,16?,17+,18?,19-;;/m1../s1. The quantitative estimate of drug-likeness (QED) is 0.536. The van der Waals surface area contributed by atoms with Crippen LogP contribution in [0.5, 0.6) is 0 Å². The molecule has 4 nitrogen and oxygen atoms in total. The predicted molar refractivity (Wildman–Crippen MR) is 90.6 cm³/mol. The first-order chi connectivity index (χ1) is 11.2. The summed E-state index contributed by atoms with van der Waals surface area (Å²) in [7, 11) is 0. The van der Waals surface area contributed by atoms with Gasteiger partial charge < -0.3 is 0 Å². The molecule has 5 unspecified atom stereocenters. The van der Waals surface area contributed by atoms with Crippen molar-refractivity contribution in [2.75, 3.05) is 0 Å². The number of ether oxygens (including phenoxy) is 3. The SMILES string of the molecule is CCC1OC(C)[CH]([RaH])[C@@H](C)[C@@H]1O[C@@H]1OC(C(C)=O)[C@@H](C)C(C)[C@@H]1C. The second-order valence-corrected chi connectivity index (χ2v) is 13.7. The van der Waals surface area contributed by atoms with Crippen molar-refractivity contribution >= 4 is 5.78 Å². The summed E-state index contributed by atoms with van der Waals surface area (Å²) < 4.78 is 19.6. The number of rotatable bonds is 4. The van der Waals surface area contributed by atoms with Gasteiger partial charge in [-0.3, -0.25) is 0 Å². The molecule has 10 atom stereocenters. The average molecular weight is 552 g/mol. The summed E-state index contributed by atoms with van der Waals surface area (Å²) in [6.07, 6.45) is 0.841. The maximum absolute atomic E-state index is 12.0. The zero-order chi connectivity index (χ0) is 18.2. The van der Waals surface area contributed by atoms with E-state index < -0.39 is 0 Å². The molecule has 0 amide bonds. The summed E-state index contributed by atoms with van der Waals surface area (Å²) in [5.41, 5.74) is 0. The first-order valence-electron chi connectivity index (χ1n) is 9.65. The number of carbonyl (C=O) groups excluding carboxylic acids is 1. The van der Waals surface area contributed by atoms with E-state index in [2.05, 4.69) is 41.5 Å². The monoisotopic (exact) mass is 552 g/mol. The van der Waals surface area contributed by atoms with Gasteiger partial charge in [0.1, 0.15) is 0 Å². The average Bonchev–Trinajstić information content (AvgIpc) is 2.54. The molecular formula is C19H34O4Ra. The number of Topliss-reactive ketones (excluding diaryl/α,β-unsaturated/α-hetero) is 1. The van der Waals surface area contributed by atoms with Gasteiger partial charge in [-0.25, -0.2) is 0 Å². The Morgan fingerprint density at radius 2 is 1.62 bits per heavy atom. The van der Waals surface area contributed by atoms with Gasteiger partial charge in [-0.15, -0.1) is 0 Å². The van der Waals surface area contributed by atoms with Crippen molar-refractivity contribution in [2.24, 2.45) is 23.7 Å². The van der Waals surface area contributed by atoms with E-state index in [0.29, 0.717) is 61.7 Å². The van der Waals surface area contributed by atoms with Gasteiger partial charge in [0, 0.05) is 0 Å². The van der Waals surface area contributed by atoms with Crippen LogP contribution in [0.2, 0.25) is 0.959 Å². The molecule has 0 bridgehead atoms. The normalized spacial score (nSPS) is 49.8. The van der Waals surface area contributed by atoms with Gasteiger partial charge in [0.05, 0.1) is 0 Å². The van der Waals surface area contributed by atoms with Crippen molar-refractivity contribution < 1.29 is 61.8 Å². The molecule has 24 heavy (non-hydrogen) atoms. The first-order valence-corrected chi connectivity index (χ1v) is 14.4. The molecular weight excluding hydrogens is 518 g/mol. The summed E-state index contributed by atoms with van der Waals surface area (Å²) in [4.78, 5) is 12.0. The van der Waals surface area contributed by atoms with E-state index in [0.717, 1.165) is 6.42 Å². The Hall–Kier alpha value is 1.02. The van der Waals surface area contributed by atoms with E-state index in [1.54, 1.807) is 6.92 Å². The fraction of sp³-hybridized carbons (Fsp3) is 0.947. The van der Waals surface area contributed by atoms with Crippen molar-refractivity contribution in [3.63, 3.8) is 0 Å². The Kier molecular flexibility index (Phi) is 7.82. The van der Waals surface area contributed by atoms with E-state index >= 15 is 0 Å². The van der Waals surface area contributed by atoms with Crippen LogP contribution in [0, 0.1) is 66.5 Å². The van der Waals surface area contributed by atoms with Crippen molar-refractivity contribution in [3.05, 3.63) is 0 Å². The van der Waals surface area contributed by atoms with E-state index in [-0.39, 0.29) is 42.2 Å². The van der Waals surface area contributed by atoms with Gasteiger partial charge in [0.15, 0.2) is 0 Å². The van der Waals surface area contributed by atoms with Gasteiger partial charge in [-0.2, -0.15) is 0 Å². The number of hydrogen-bond acceptors (Lipinski definition) is 4. The number of hydrogen-bond donors (Lipinski definition) is 0. The molecule has 2 fully saturated rings. The summed E-state index contributed by atoms with van der Waals surface area (Å²) >= 11 is 0.361. The maximum atomic E-state index is 12.0. The van der Waals surface area contributed by atoms with Crippen LogP contribution in [0.25, 0.3) is 0 Å². The topological polar surface area (TPSA) is 44.8 Å². The zero-order valence-corrected chi connectivity index (χ0v) is 24.8. The first kappa shape index (κ1) is 21.3. The molecule has 2 saturated heterocycles. The molecule has 0 radical (unpaired) electrons. The third-order valence-electron chi connectivity index (χ3n) is 6.78. The molecule has 0 aromatic carbocycles. The Morgan fingerprint density at radius 3 is 2.17 bits per heavy atom. The van der Waals surface area contributed by atoms with E-state index in [1.165, 1.54) is 0 Å². The zero-order valence-electron chi connectivity index (χ0n) is 16.6. The van der Waals surface area contributed by atoms with Crippen molar-refractivity contribution in [1.82, 2.24) is 0 Å².